The van der Waals surface area contributed by atoms with E-state index in [1.807, 2.05) is 24.3 Å². The first-order valence-corrected chi connectivity index (χ1v) is 12.4. The van der Waals surface area contributed by atoms with Gasteiger partial charge in [0.2, 0.25) is 10.0 Å². The number of amides is 1. The summed E-state index contributed by atoms with van der Waals surface area (Å²) in [5.41, 5.74) is 4.38. The fourth-order valence-electron chi connectivity index (χ4n) is 4.23. The van der Waals surface area contributed by atoms with E-state index in [1.54, 1.807) is 0 Å². The van der Waals surface area contributed by atoms with E-state index in [4.69, 9.17) is 5.41 Å². The predicted octanol–water partition coefficient (Wildman–Crippen LogP) is 2.64. The van der Waals surface area contributed by atoms with Crippen molar-refractivity contribution in [3.63, 3.8) is 0 Å². The molecule has 5 rings (SSSR count). The smallest absolute Gasteiger partial charge is 0.269 e. The number of para-hydroxylation sites is 2. The number of aromatic amines is 1. The molecule has 0 radical (unpaired) electrons. The maximum Gasteiger partial charge on any atom is 0.269 e. The fourth-order valence-corrected chi connectivity index (χ4v) is 5.80. The van der Waals surface area contributed by atoms with Gasteiger partial charge in [-0.05, 0) is 43.2 Å². The van der Waals surface area contributed by atoms with Gasteiger partial charge in [-0.15, -0.1) is 0 Å². The normalized spacial score (nSPS) is 17.5. The average Bonchev–Trinajstić information content (AvgIpc) is 3.39. The summed E-state index contributed by atoms with van der Waals surface area (Å²) in [5.74, 6) is -0.484. The number of nitrogens with one attached hydrogen (secondary N) is 3. The van der Waals surface area contributed by atoms with E-state index >= 15 is 0 Å². The second-order valence-electron chi connectivity index (χ2n) is 8.29. The maximum atomic E-state index is 13.0. The maximum absolute atomic E-state index is 13.0. The number of hydrogen-bond acceptors (Lipinski definition) is 6. The molecule has 0 bridgehead atoms. The Morgan fingerprint density at radius 3 is 2.62 bits per heavy atom. The highest BCUT2D eigenvalue weighted by Gasteiger charge is 2.32. The molecule has 3 heterocycles. The van der Waals surface area contributed by atoms with Crippen molar-refractivity contribution in [2.45, 2.75) is 24.2 Å². The molecule has 4 N–H and O–H groups in total. The minimum atomic E-state index is -3.69. The van der Waals surface area contributed by atoms with Crippen LogP contribution < -0.4 is 5.43 Å². The number of nitrogens with zero attached hydrogens (tertiary/aromatic N) is 3. The second-order valence-corrected chi connectivity index (χ2v) is 10.2. The van der Waals surface area contributed by atoms with E-state index < -0.39 is 15.9 Å². The molecule has 10 nitrogen and oxygen atoms in total. The third kappa shape index (κ3) is 3.93. The van der Waals surface area contributed by atoms with Gasteiger partial charge in [0, 0.05) is 18.7 Å². The number of benzene rings is 2. The number of imidazole rings is 1. The van der Waals surface area contributed by atoms with Crippen molar-refractivity contribution in [2.75, 3.05) is 19.6 Å². The standard InChI is InChI=1S/C23H24N6O4S/c24-21-20(22-25-17-9-2-3-10-18(17)26-22)19(30)14-29(21)27-23(31)15-7-6-8-16(13-15)34(32,33)28-11-4-1-5-12-28/h2-3,6-10,13,24,30H,1,4-5,11-12,14H2,(H,25,26)(H,27,31). The summed E-state index contributed by atoms with van der Waals surface area (Å²) in [6.07, 6.45) is 2.65. The van der Waals surface area contributed by atoms with Crippen LogP contribution in [0.15, 0.2) is 59.2 Å². The zero-order valence-electron chi connectivity index (χ0n) is 18.3. The van der Waals surface area contributed by atoms with Gasteiger partial charge < -0.3 is 10.1 Å². The van der Waals surface area contributed by atoms with E-state index in [0.717, 1.165) is 24.8 Å². The Morgan fingerprint density at radius 2 is 1.85 bits per heavy atom. The molecule has 176 valence electrons. The van der Waals surface area contributed by atoms with E-state index in [-0.39, 0.29) is 34.2 Å². The summed E-state index contributed by atoms with van der Waals surface area (Å²) in [5, 5.41) is 20.2. The van der Waals surface area contributed by atoms with Crippen molar-refractivity contribution < 1.29 is 18.3 Å². The van der Waals surface area contributed by atoms with Gasteiger partial charge in [-0.3, -0.25) is 20.6 Å². The molecule has 0 atom stereocenters. The highest BCUT2D eigenvalue weighted by molar-refractivity contribution is 7.89. The Labute approximate surface area is 196 Å². The fraction of sp³-hybridized carbons (Fsp3) is 0.261. The van der Waals surface area contributed by atoms with Crippen LogP contribution in [0, 0.1) is 5.41 Å². The van der Waals surface area contributed by atoms with Gasteiger partial charge in [-0.25, -0.2) is 13.4 Å². The summed E-state index contributed by atoms with van der Waals surface area (Å²) < 4.78 is 27.4. The van der Waals surface area contributed by atoms with E-state index in [9.17, 15) is 18.3 Å². The third-order valence-corrected chi connectivity index (χ3v) is 7.91. The minimum absolute atomic E-state index is 0.0579. The number of rotatable bonds is 5. The van der Waals surface area contributed by atoms with Crippen molar-refractivity contribution in [1.82, 2.24) is 24.7 Å². The molecule has 34 heavy (non-hydrogen) atoms. The molecule has 1 fully saturated rings. The Kier molecular flexibility index (Phi) is 5.58. The Bertz CT molecular complexity index is 1390. The molecule has 0 spiro atoms. The first-order valence-electron chi connectivity index (χ1n) is 11.0. The van der Waals surface area contributed by atoms with Crippen LogP contribution in [0.4, 0.5) is 0 Å². The lowest BCUT2D eigenvalue weighted by Crippen LogP contribution is -2.44. The molecular formula is C23H24N6O4S. The molecule has 2 aliphatic heterocycles. The molecular weight excluding hydrogens is 456 g/mol. The van der Waals surface area contributed by atoms with Crippen molar-refractivity contribution in [3.8, 4) is 0 Å². The molecule has 0 unspecified atom stereocenters. The van der Waals surface area contributed by atoms with Gasteiger partial charge in [0.25, 0.3) is 5.91 Å². The van der Waals surface area contributed by atoms with Crippen LogP contribution in [0.2, 0.25) is 0 Å². The van der Waals surface area contributed by atoms with Crippen LogP contribution in [-0.2, 0) is 10.0 Å². The highest BCUT2D eigenvalue weighted by atomic mass is 32.2. The number of aliphatic hydroxyl groups is 1. The molecule has 0 aliphatic carbocycles. The summed E-state index contributed by atoms with van der Waals surface area (Å²) in [7, 11) is -3.69. The summed E-state index contributed by atoms with van der Waals surface area (Å²) in [6, 6.07) is 13.2. The lowest BCUT2D eigenvalue weighted by Gasteiger charge is -2.26. The van der Waals surface area contributed by atoms with Gasteiger partial charge in [0.05, 0.1) is 22.5 Å². The Morgan fingerprint density at radius 1 is 1.09 bits per heavy atom. The molecule has 0 saturated carbocycles. The first kappa shape index (κ1) is 22.1. The van der Waals surface area contributed by atoms with Crippen LogP contribution in [0.5, 0.6) is 0 Å². The number of fused-ring (bicyclic) bond motifs is 1. The molecule has 11 heteroatoms. The molecule has 3 aromatic rings. The zero-order valence-corrected chi connectivity index (χ0v) is 19.1. The van der Waals surface area contributed by atoms with Crippen LogP contribution in [0.1, 0.15) is 35.4 Å². The lowest BCUT2D eigenvalue weighted by atomic mass is 10.2. The first-order chi connectivity index (χ1) is 16.3. The van der Waals surface area contributed by atoms with E-state index in [2.05, 4.69) is 15.4 Å². The van der Waals surface area contributed by atoms with Crippen molar-refractivity contribution in [3.05, 3.63) is 65.7 Å². The monoisotopic (exact) mass is 480 g/mol. The molecule has 1 saturated heterocycles. The highest BCUT2D eigenvalue weighted by Crippen LogP contribution is 2.26. The number of hydrazine groups is 1. The van der Waals surface area contributed by atoms with E-state index in [0.29, 0.717) is 24.4 Å². The molecule has 2 aromatic carbocycles. The van der Waals surface area contributed by atoms with Gasteiger partial charge in [0.15, 0.2) is 5.84 Å². The Balaban J connectivity index is 1.33. The Hall–Kier alpha value is -3.70. The van der Waals surface area contributed by atoms with Crippen molar-refractivity contribution >= 4 is 38.4 Å². The molecule has 1 amide bonds. The van der Waals surface area contributed by atoms with Gasteiger partial charge in [-0.1, -0.05) is 24.6 Å². The van der Waals surface area contributed by atoms with Crippen LogP contribution >= 0.6 is 0 Å². The summed E-state index contributed by atoms with van der Waals surface area (Å²) in [6.45, 7) is 0.834. The number of carbonyl (C=O) groups excluding carboxylic acids is 1. The van der Waals surface area contributed by atoms with E-state index in [1.165, 1.54) is 33.6 Å². The average molecular weight is 481 g/mol. The molecule has 1 aromatic heterocycles. The van der Waals surface area contributed by atoms with Crippen molar-refractivity contribution in [2.24, 2.45) is 0 Å². The number of hydrogen-bond donors (Lipinski definition) is 4. The number of carbonyl (C=O) groups is 1. The topological polar surface area (TPSA) is 142 Å². The minimum Gasteiger partial charge on any atom is -0.509 e. The van der Waals surface area contributed by atoms with Gasteiger partial charge in [0.1, 0.15) is 17.2 Å². The number of amidine groups is 1. The number of aromatic nitrogens is 2. The second kappa shape index (κ2) is 8.58. The number of H-pyrrole nitrogens is 1. The van der Waals surface area contributed by atoms with Gasteiger partial charge in [-0.2, -0.15) is 4.31 Å². The number of sulfonamides is 1. The van der Waals surface area contributed by atoms with Crippen molar-refractivity contribution in [1.29, 1.82) is 5.41 Å². The largest absolute Gasteiger partial charge is 0.509 e. The lowest BCUT2D eigenvalue weighted by molar-refractivity contribution is 0.0874. The van der Waals surface area contributed by atoms with Crippen LogP contribution in [-0.4, -0.2) is 64.2 Å². The summed E-state index contributed by atoms with van der Waals surface area (Å²) in [4.78, 5) is 20.5. The zero-order chi connectivity index (χ0) is 23.9. The van der Waals surface area contributed by atoms with Gasteiger partial charge >= 0.3 is 0 Å². The predicted molar refractivity (Wildman–Crippen MR) is 127 cm³/mol. The number of aliphatic hydroxyl groups excluding tert-OH is 1. The summed E-state index contributed by atoms with van der Waals surface area (Å²) >= 11 is 0. The molecule has 2 aliphatic rings. The number of piperidine rings is 1. The SMILES string of the molecule is N=C1C(c2nc3ccccc3[nH]2)=C(O)CN1NC(=O)c1cccc(S(=O)(=O)N2CCCCC2)c1. The van der Waals surface area contributed by atoms with Crippen LogP contribution in [0.3, 0.4) is 0 Å². The third-order valence-electron chi connectivity index (χ3n) is 6.01. The quantitative estimate of drug-likeness (QED) is 0.442. The van der Waals surface area contributed by atoms with Crippen LogP contribution in [0.25, 0.3) is 16.6 Å².